The Morgan fingerprint density at radius 2 is 2.00 bits per heavy atom. The van der Waals surface area contributed by atoms with Crippen molar-refractivity contribution in [1.29, 1.82) is 0 Å². The number of para-hydroxylation sites is 1. The van der Waals surface area contributed by atoms with Crippen LogP contribution in [0.4, 0.5) is 5.69 Å². The third-order valence-electron chi connectivity index (χ3n) is 2.39. The zero-order chi connectivity index (χ0) is 13.8. The standard InChI is InChI=1S/C12H10BrN3O3/c13-8-3-1-2-4-9(8)15-10(17)7-16-11(18)5-6-14-12(16)19/h1-6H,7H2,(H,14,19)(H,15,17). The Morgan fingerprint density at radius 3 is 2.68 bits per heavy atom. The molecule has 6 nitrogen and oxygen atoms in total. The third-order valence-corrected chi connectivity index (χ3v) is 3.09. The Labute approximate surface area is 116 Å². The zero-order valence-electron chi connectivity index (χ0n) is 9.72. The Balaban J connectivity index is 2.17. The number of halogens is 1. The van der Waals surface area contributed by atoms with Crippen molar-refractivity contribution in [3.63, 3.8) is 0 Å². The van der Waals surface area contributed by atoms with E-state index in [9.17, 15) is 14.4 Å². The highest BCUT2D eigenvalue weighted by molar-refractivity contribution is 9.10. The van der Waals surface area contributed by atoms with Gasteiger partial charge in [0.2, 0.25) is 5.91 Å². The van der Waals surface area contributed by atoms with E-state index >= 15 is 0 Å². The fourth-order valence-electron chi connectivity index (χ4n) is 1.50. The normalized spacial score (nSPS) is 10.2. The van der Waals surface area contributed by atoms with Crippen molar-refractivity contribution >= 4 is 27.5 Å². The van der Waals surface area contributed by atoms with Crippen molar-refractivity contribution in [2.75, 3.05) is 5.32 Å². The summed E-state index contributed by atoms with van der Waals surface area (Å²) in [5.41, 5.74) is -0.561. The first kappa shape index (κ1) is 13.3. The third kappa shape index (κ3) is 3.19. The number of hydrogen-bond donors (Lipinski definition) is 2. The Kier molecular flexibility index (Phi) is 3.96. The molecule has 0 fully saturated rings. The van der Waals surface area contributed by atoms with Crippen LogP contribution in [0.3, 0.4) is 0 Å². The minimum Gasteiger partial charge on any atom is -0.323 e. The molecule has 0 aliphatic rings. The second-order valence-corrected chi connectivity index (χ2v) is 4.59. The summed E-state index contributed by atoms with van der Waals surface area (Å²) in [4.78, 5) is 37.0. The molecule has 2 aromatic rings. The van der Waals surface area contributed by atoms with Crippen molar-refractivity contribution in [1.82, 2.24) is 9.55 Å². The van der Waals surface area contributed by atoms with E-state index in [-0.39, 0.29) is 6.54 Å². The SMILES string of the molecule is O=C(Cn1c(=O)cc[nH]c1=O)Nc1ccccc1Br. The van der Waals surface area contributed by atoms with Gasteiger partial charge in [-0.15, -0.1) is 0 Å². The maximum atomic E-state index is 11.8. The number of amides is 1. The van der Waals surface area contributed by atoms with Crippen LogP contribution in [-0.4, -0.2) is 15.5 Å². The number of aromatic amines is 1. The number of hydrogen-bond acceptors (Lipinski definition) is 3. The number of carbonyl (C=O) groups excluding carboxylic acids is 1. The smallest absolute Gasteiger partial charge is 0.323 e. The first-order valence-electron chi connectivity index (χ1n) is 5.41. The summed E-state index contributed by atoms with van der Waals surface area (Å²) in [6.45, 7) is -0.337. The van der Waals surface area contributed by atoms with E-state index in [0.29, 0.717) is 5.69 Å². The van der Waals surface area contributed by atoms with Crippen LogP contribution < -0.4 is 16.6 Å². The molecule has 0 saturated heterocycles. The largest absolute Gasteiger partial charge is 0.328 e. The molecule has 1 aromatic heterocycles. The predicted molar refractivity (Wildman–Crippen MR) is 74.1 cm³/mol. The van der Waals surface area contributed by atoms with Crippen LogP contribution in [0.1, 0.15) is 0 Å². The van der Waals surface area contributed by atoms with E-state index in [2.05, 4.69) is 26.2 Å². The van der Waals surface area contributed by atoms with Gasteiger partial charge >= 0.3 is 5.69 Å². The number of H-pyrrole nitrogens is 1. The van der Waals surface area contributed by atoms with Crippen molar-refractivity contribution in [3.05, 3.63) is 61.8 Å². The molecule has 1 amide bonds. The van der Waals surface area contributed by atoms with Crippen LogP contribution in [0, 0.1) is 0 Å². The molecule has 0 unspecified atom stereocenters. The van der Waals surface area contributed by atoms with Gasteiger partial charge in [-0.2, -0.15) is 0 Å². The lowest BCUT2D eigenvalue weighted by Gasteiger charge is -2.07. The van der Waals surface area contributed by atoms with E-state index < -0.39 is 17.2 Å². The fraction of sp³-hybridized carbons (Fsp3) is 0.0833. The number of aromatic nitrogens is 2. The molecule has 0 saturated carbocycles. The van der Waals surface area contributed by atoms with E-state index in [1.165, 1.54) is 12.3 Å². The lowest BCUT2D eigenvalue weighted by molar-refractivity contribution is -0.116. The lowest BCUT2D eigenvalue weighted by Crippen LogP contribution is -2.37. The molecule has 0 atom stereocenters. The molecule has 19 heavy (non-hydrogen) atoms. The maximum Gasteiger partial charge on any atom is 0.328 e. The zero-order valence-corrected chi connectivity index (χ0v) is 11.3. The molecule has 98 valence electrons. The van der Waals surface area contributed by atoms with Crippen molar-refractivity contribution in [2.45, 2.75) is 6.54 Å². The maximum absolute atomic E-state index is 11.8. The first-order chi connectivity index (χ1) is 9.08. The van der Waals surface area contributed by atoms with Crippen molar-refractivity contribution < 1.29 is 4.79 Å². The van der Waals surface area contributed by atoms with Gasteiger partial charge in [0, 0.05) is 16.7 Å². The molecule has 7 heteroatoms. The molecule has 0 radical (unpaired) electrons. The number of rotatable bonds is 3. The molecule has 1 aromatic carbocycles. The van der Waals surface area contributed by atoms with E-state index in [0.717, 1.165) is 9.04 Å². The Bertz CT molecular complexity index is 692. The average molecular weight is 324 g/mol. The van der Waals surface area contributed by atoms with Gasteiger partial charge in [0.1, 0.15) is 6.54 Å². The molecule has 1 heterocycles. The number of nitrogens with zero attached hydrogens (tertiary/aromatic N) is 1. The van der Waals surface area contributed by atoms with Crippen LogP contribution in [-0.2, 0) is 11.3 Å². The van der Waals surface area contributed by atoms with Crippen LogP contribution in [0.5, 0.6) is 0 Å². The summed E-state index contributed by atoms with van der Waals surface area (Å²) in [5, 5.41) is 2.61. The van der Waals surface area contributed by atoms with Crippen molar-refractivity contribution in [3.8, 4) is 0 Å². The van der Waals surface area contributed by atoms with Gasteiger partial charge in [0.25, 0.3) is 5.56 Å². The molecular formula is C12H10BrN3O3. The summed E-state index contributed by atoms with van der Waals surface area (Å²) in [6.07, 6.45) is 1.24. The minimum atomic E-state index is -0.616. The van der Waals surface area contributed by atoms with Gasteiger partial charge in [-0.05, 0) is 28.1 Å². The van der Waals surface area contributed by atoms with E-state index in [1.54, 1.807) is 18.2 Å². The Hall–Kier alpha value is -2.15. The summed E-state index contributed by atoms with van der Waals surface area (Å²) < 4.78 is 1.55. The molecule has 0 spiro atoms. The number of carbonyl (C=O) groups is 1. The number of nitrogens with one attached hydrogen (secondary N) is 2. The van der Waals surface area contributed by atoms with E-state index in [1.807, 2.05) is 6.07 Å². The van der Waals surface area contributed by atoms with Gasteiger partial charge < -0.3 is 10.3 Å². The Morgan fingerprint density at radius 1 is 1.26 bits per heavy atom. The molecule has 0 bridgehead atoms. The lowest BCUT2D eigenvalue weighted by atomic mass is 10.3. The summed E-state index contributed by atoms with van der Waals surface area (Å²) in [6, 6.07) is 8.25. The highest BCUT2D eigenvalue weighted by atomic mass is 79.9. The van der Waals surface area contributed by atoms with Crippen LogP contribution >= 0.6 is 15.9 Å². The second kappa shape index (κ2) is 5.66. The molecule has 2 rings (SSSR count). The monoisotopic (exact) mass is 323 g/mol. The molecule has 2 N–H and O–H groups in total. The van der Waals surface area contributed by atoms with Gasteiger partial charge in [0.15, 0.2) is 0 Å². The summed E-state index contributed by atoms with van der Waals surface area (Å²) in [5.74, 6) is -0.453. The summed E-state index contributed by atoms with van der Waals surface area (Å²) in [7, 11) is 0. The molecule has 0 aliphatic heterocycles. The van der Waals surface area contributed by atoms with Crippen molar-refractivity contribution in [2.24, 2.45) is 0 Å². The van der Waals surface area contributed by atoms with Gasteiger partial charge in [0.05, 0.1) is 5.69 Å². The van der Waals surface area contributed by atoms with Gasteiger partial charge in [-0.25, -0.2) is 4.79 Å². The summed E-state index contributed by atoms with van der Waals surface area (Å²) >= 11 is 3.29. The highest BCUT2D eigenvalue weighted by Crippen LogP contribution is 2.20. The predicted octanol–water partition coefficient (Wildman–Crippen LogP) is 0.938. The number of benzene rings is 1. The molecule has 0 aliphatic carbocycles. The second-order valence-electron chi connectivity index (χ2n) is 3.74. The minimum absolute atomic E-state index is 0.337. The van der Waals surface area contributed by atoms with Crippen LogP contribution in [0.15, 0.2) is 50.6 Å². The molecular weight excluding hydrogens is 314 g/mol. The van der Waals surface area contributed by atoms with Gasteiger partial charge in [-0.1, -0.05) is 12.1 Å². The average Bonchev–Trinajstić information content (AvgIpc) is 2.37. The topological polar surface area (TPSA) is 84.0 Å². The fourth-order valence-corrected chi connectivity index (χ4v) is 1.88. The highest BCUT2D eigenvalue weighted by Gasteiger charge is 2.08. The van der Waals surface area contributed by atoms with Crippen LogP contribution in [0.25, 0.3) is 0 Å². The van der Waals surface area contributed by atoms with E-state index in [4.69, 9.17) is 0 Å². The quantitative estimate of drug-likeness (QED) is 0.881. The van der Waals surface area contributed by atoms with Gasteiger partial charge in [-0.3, -0.25) is 14.2 Å². The number of anilines is 1. The first-order valence-corrected chi connectivity index (χ1v) is 6.20. The van der Waals surface area contributed by atoms with Crippen LogP contribution in [0.2, 0.25) is 0 Å².